The first-order valence-electron chi connectivity index (χ1n) is 7.85. The molecule has 4 aromatic rings. The zero-order valence-electron chi connectivity index (χ0n) is 13.7. The van der Waals surface area contributed by atoms with Crippen molar-refractivity contribution in [3.63, 3.8) is 0 Å². The molecule has 0 aliphatic carbocycles. The summed E-state index contributed by atoms with van der Waals surface area (Å²) >= 11 is 0. The van der Waals surface area contributed by atoms with Gasteiger partial charge in [0.2, 0.25) is 0 Å². The number of benzene rings is 2. The lowest BCUT2D eigenvalue weighted by molar-refractivity contribution is 0.0699. The van der Waals surface area contributed by atoms with E-state index in [1.165, 1.54) is 36.5 Å². The van der Waals surface area contributed by atoms with Crippen LogP contribution in [0.2, 0.25) is 0 Å². The predicted octanol–water partition coefficient (Wildman–Crippen LogP) is 2.51. The van der Waals surface area contributed by atoms with Crippen molar-refractivity contribution in [1.29, 1.82) is 0 Å². The molecule has 0 atom stereocenters. The normalized spacial score (nSPS) is 11.7. The number of hydrogen-bond donors (Lipinski definition) is 4. The monoisotopic (exact) mass is 383 g/mol. The van der Waals surface area contributed by atoms with Crippen molar-refractivity contribution in [3.8, 4) is 0 Å². The van der Waals surface area contributed by atoms with E-state index in [0.29, 0.717) is 10.9 Å². The van der Waals surface area contributed by atoms with Crippen molar-refractivity contribution in [1.82, 2.24) is 9.97 Å². The highest BCUT2D eigenvalue weighted by atomic mass is 32.2. The van der Waals surface area contributed by atoms with Crippen LogP contribution in [0, 0.1) is 0 Å². The van der Waals surface area contributed by atoms with Gasteiger partial charge in [-0.1, -0.05) is 18.2 Å². The van der Waals surface area contributed by atoms with E-state index < -0.39 is 21.6 Å². The summed E-state index contributed by atoms with van der Waals surface area (Å²) in [6.07, 6.45) is 1.24. The number of rotatable bonds is 4. The Morgan fingerprint density at radius 1 is 1.07 bits per heavy atom. The molecule has 0 radical (unpaired) electrons. The molecule has 9 heteroatoms. The van der Waals surface area contributed by atoms with Gasteiger partial charge in [0.1, 0.15) is 5.52 Å². The number of H-pyrrole nitrogens is 2. The van der Waals surface area contributed by atoms with E-state index in [1.807, 2.05) is 0 Å². The standard InChI is InChI=1S/C18H13N3O5S/c22-17-16-15(13(9-19-16)18(23)24)12-8-10(6-7-14(12)20-17)21-27(25,26)11-4-2-1-3-5-11/h1-9,19,21H,(H,20,22)(H,23,24). The molecule has 4 N–H and O–H groups in total. The van der Waals surface area contributed by atoms with Gasteiger partial charge >= 0.3 is 5.97 Å². The number of hydrogen-bond acceptors (Lipinski definition) is 4. The topological polar surface area (TPSA) is 132 Å². The van der Waals surface area contributed by atoms with Gasteiger partial charge in [-0.15, -0.1) is 0 Å². The van der Waals surface area contributed by atoms with Crippen molar-refractivity contribution >= 4 is 43.5 Å². The Balaban J connectivity index is 1.91. The van der Waals surface area contributed by atoms with Gasteiger partial charge in [-0.2, -0.15) is 0 Å². The van der Waals surface area contributed by atoms with E-state index in [2.05, 4.69) is 14.7 Å². The lowest BCUT2D eigenvalue weighted by atomic mass is 10.1. The van der Waals surface area contributed by atoms with Gasteiger partial charge in [0.15, 0.2) is 0 Å². The SMILES string of the molecule is O=C(O)c1c[nH]c2c(=O)[nH]c3ccc(NS(=O)(=O)c4ccccc4)cc3c12. The summed E-state index contributed by atoms with van der Waals surface area (Å²) in [7, 11) is -3.80. The second-order valence-corrected chi connectivity index (χ2v) is 7.57. The number of carbonyl (C=O) groups is 1. The van der Waals surface area contributed by atoms with Gasteiger partial charge in [0.25, 0.3) is 15.6 Å². The van der Waals surface area contributed by atoms with Crippen molar-refractivity contribution in [2.45, 2.75) is 4.90 Å². The van der Waals surface area contributed by atoms with E-state index in [1.54, 1.807) is 18.2 Å². The van der Waals surface area contributed by atoms with Crippen molar-refractivity contribution < 1.29 is 18.3 Å². The van der Waals surface area contributed by atoms with Crippen LogP contribution >= 0.6 is 0 Å². The van der Waals surface area contributed by atoms with Crippen LogP contribution in [0.4, 0.5) is 5.69 Å². The lowest BCUT2D eigenvalue weighted by Crippen LogP contribution is -2.13. The number of carboxylic acids is 1. The molecule has 136 valence electrons. The fourth-order valence-corrected chi connectivity index (χ4v) is 4.04. The van der Waals surface area contributed by atoms with Crippen LogP contribution in [-0.2, 0) is 10.0 Å². The maximum absolute atomic E-state index is 12.5. The molecule has 0 saturated heterocycles. The van der Waals surface area contributed by atoms with Crippen LogP contribution in [0.1, 0.15) is 10.4 Å². The van der Waals surface area contributed by atoms with Gasteiger partial charge in [0.05, 0.1) is 10.5 Å². The number of anilines is 1. The average molecular weight is 383 g/mol. The number of aromatic amines is 2. The first-order chi connectivity index (χ1) is 12.9. The maximum Gasteiger partial charge on any atom is 0.337 e. The Hall–Kier alpha value is -3.59. The molecule has 0 amide bonds. The predicted molar refractivity (Wildman–Crippen MR) is 101 cm³/mol. The molecule has 27 heavy (non-hydrogen) atoms. The Kier molecular flexibility index (Phi) is 3.74. The molecule has 2 aromatic carbocycles. The molecule has 0 aliphatic heterocycles. The van der Waals surface area contributed by atoms with Crippen molar-refractivity contribution in [2.75, 3.05) is 4.72 Å². The molecular weight excluding hydrogens is 370 g/mol. The summed E-state index contributed by atoms with van der Waals surface area (Å²) in [6, 6.07) is 12.4. The van der Waals surface area contributed by atoms with Gasteiger partial charge < -0.3 is 15.1 Å². The van der Waals surface area contributed by atoms with Crippen LogP contribution in [0.3, 0.4) is 0 Å². The fraction of sp³-hybridized carbons (Fsp3) is 0. The molecule has 4 rings (SSSR count). The van der Waals surface area contributed by atoms with Crippen LogP contribution in [0.15, 0.2) is 64.4 Å². The molecule has 0 saturated carbocycles. The molecule has 0 fully saturated rings. The highest BCUT2D eigenvalue weighted by molar-refractivity contribution is 7.92. The molecule has 2 heterocycles. The molecule has 0 spiro atoms. The van der Waals surface area contributed by atoms with Gasteiger partial charge in [-0.3, -0.25) is 9.52 Å². The first kappa shape index (κ1) is 16.9. The van der Waals surface area contributed by atoms with Crippen LogP contribution in [0.5, 0.6) is 0 Å². The van der Waals surface area contributed by atoms with Gasteiger partial charge in [0, 0.05) is 28.2 Å². The fourth-order valence-electron chi connectivity index (χ4n) is 2.97. The van der Waals surface area contributed by atoms with E-state index in [9.17, 15) is 23.1 Å². The largest absolute Gasteiger partial charge is 0.478 e. The summed E-state index contributed by atoms with van der Waals surface area (Å²) in [5.74, 6) is -1.19. The number of aromatic carboxylic acids is 1. The second kappa shape index (κ2) is 5.99. The number of sulfonamides is 1. The number of fused-ring (bicyclic) bond motifs is 3. The average Bonchev–Trinajstić information content (AvgIpc) is 3.09. The molecule has 2 aromatic heterocycles. The number of aromatic nitrogens is 2. The Morgan fingerprint density at radius 3 is 2.52 bits per heavy atom. The minimum atomic E-state index is -3.80. The van der Waals surface area contributed by atoms with E-state index in [-0.39, 0.29) is 27.0 Å². The summed E-state index contributed by atoms with van der Waals surface area (Å²) in [4.78, 5) is 29.0. The number of carboxylic acid groups (broad SMARTS) is 1. The Morgan fingerprint density at radius 2 is 1.81 bits per heavy atom. The highest BCUT2D eigenvalue weighted by Gasteiger charge is 2.18. The summed E-state index contributed by atoms with van der Waals surface area (Å²) in [5.41, 5.74) is 0.240. The highest BCUT2D eigenvalue weighted by Crippen LogP contribution is 2.28. The minimum absolute atomic E-state index is 0.0656. The molecule has 0 bridgehead atoms. The summed E-state index contributed by atoms with van der Waals surface area (Å²) in [5, 5.41) is 10.0. The van der Waals surface area contributed by atoms with Crippen molar-refractivity contribution in [3.05, 3.63) is 70.6 Å². The van der Waals surface area contributed by atoms with Crippen molar-refractivity contribution in [2.24, 2.45) is 0 Å². The molecule has 0 unspecified atom stereocenters. The molecule has 0 aliphatic rings. The zero-order valence-corrected chi connectivity index (χ0v) is 14.5. The molecular formula is C18H13N3O5S. The van der Waals surface area contributed by atoms with E-state index in [0.717, 1.165) is 0 Å². The number of nitrogens with one attached hydrogen (secondary N) is 3. The van der Waals surface area contributed by atoms with Crippen LogP contribution < -0.4 is 10.3 Å². The third-order valence-corrected chi connectivity index (χ3v) is 5.58. The van der Waals surface area contributed by atoms with Crippen LogP contribution in [-0.4, -0.2) is 29.5 Å². The third kappa shape index (κ3) is 2.83. The van der Waals surface area contributed by atoms with E-state index >= 15 is 0 Å². The zero-order chi connectivity index (χ0) is 19.2. The summed E-state index contributed by atoms with van der Waals surface area (Å²) < 4.78 is 27.5. The third-order valence-electron chi connectivity index (χ3n) is 4.18. The maximum atomic E-state index is 12.5. The van der Waals surface area contributed by atoms with Gasteiger partial charge in [-0.25, -0.2) is 13.2 Å². The quantitative estimate of drug-likeness (QED) is 0.430. The van der Waals surface area contributed by atoms with Crippen LogP contribution in [0.25, 0.3) is 21.8 Å². The first-order valence-corrected chi connectivity index (χ1v) is 9.33. The lowest BCUT2D eigenvalue weighted by Gasteiger charge is -2.09. The summed E-state index contributed by atoms with van der Waals surface area (Å²) in [6.45, 7) is 0. The van der Waals surface area contributed by atoms with E-state index in [4.69, 9.17) is 0 Å². The Bertz CT molecular complexity index is 1350. The smallest absolute Gasteiger partial charge is 0.337 e. The van der Waals surface area contributed by atoms with Gasteiger partial charge in [-0.05, 0) is 30.3 Å². The molecule has 8 nitrogen and oxygen atoms in total. The second-order valence-electron chi connectivity index (χ2n) is 5.89. The number of pyridine rings is 1. The minimum Gasteiger partial charge on any atom is -0.478 e. The Labute approximate surface area is 152 Å².